The van der Waals surface area contributed by atoms with Gasteiger partial charge < -0.3 is 14.8 Å². The first-order valence-corrected chi connectivity index (χ1v) is 9.95. The lowest BCUT2D eigenvalue weighted by Gasteiger charge is -2.34. The zero-order valence-corrected chi connectivity index (χ0v) is 18.1. The van der Waals surface area contributed by atoms with E-state index in [0.717, 1.165) is 12.1 Å². The maximum Gasteiger partial charge on any atom is 0.338 e. The predicted molar refractivity (Wildman–Crippen MR) is 111 cm³/mol. The number of hydrogen-bond donors (Lipinski definition) is 1. The van der Waals surface area contributed by atoms with Crippen molar-refractivity contribution in [2.45, 2.75) is 13.0 Å². The van der Waals surface area contributed by atoms with Gasteiger partial charge in [0.05, 0.1) is 34.0 Å². The fraction of sp³-hybridized carbons (Fsp3) is 0.238. The summed E-state index contributed by atoms with van der Waals surface area (Å²) < 4.78 is 37.8. The van der Waals surface area contributed by atoms with Gasteiger partial charge in [0.15, 0.2) is 11.6 Å². The van der Waals surface area contributed by atoms with Gasteiger partial charge in [0.2, 0.25) is 0 Å². The summed E-state index contributed by atoms with van der Waals surface area (Å²) in [6.45, 7) is 1.38. The largest absolute Gasteiger partial charge is 0.484 e. The lowest BCUT2D eigenvalue weighted by Crippen LogP contribution is -2.48. The van der Waals surface area contributed by atoms with Crippen molar-refractivity contribution in [2.24, 2.45) is 0 Å². The predicted octanol–water partition coefficient (Wildman–Crippen LogP) is 4.86. The van der Waals surface area contributed by atoms with E-state index in [1.165, 1.54) is 24.1 Å². The Balaban J connectivity index is 2.06. The number of amides is 2. The van der Waals surface area contributed by atoms with Crippen molar-refractivity contribution in [1.82, 2.24) is 10.2 Å². The molecule has 6 nitrogen and oxygen atoms in total. The van der Waals surface area contributed by atoms with Crippen molar-refractivity contribution < 1.29 is 27.8 Å². The number of hydrogen-bond acceptors (Lipinski definition) is 4. The maximum atomic E-state index is 14.0. The van der Waals surface area contributed by atoms with Crippen LogP contribution >= 0.6 is 23.2 Å². The van der Waals surface area contributed by atoms with E-state index in [4.69, 9.17) is 32.7 Å². The Morgan fingerprint density at radius 1 is 1.16 bits per heavy atom. The van der Waals surface area contributed by atoms with Gasteiger partial charge in [-0.3, -0.25) is 4.90 Å². The number of carbonyl (C=O) groups excluding carboxylic acids is 2. The van der Waals surface area contributed by atoms with Gasteiger partial charge in [0.25, 0.3) is 0 Å². The molecule has 0 radical (unpaired) electrons. The second-order valence-corrected chi connectivity index (χ2v) is 7.37. The van der Waals surface area contributed by atoms with Crippen molar-refractivity contribution in [2.75, 3.05) is 20.3 Å². The second kappa shape index (κ2) is 9.53. The summed E-state index contributed by atoms with van der Waals surface area (Å²) in [6, 6.07) is 6.07. The van der Waals surface area contributed by atoms with Gasteiger partial charge in [-0.25, -0.2) is 18.4 Å². The van der Waals surface area contributed by atoms with Gasteiger partial charge in [-0.2, -0.15) is 0 Å². The van der Waals surface area contributed by atoms with Gasteiger partial charge in [-0.1, -0.05) is 29.3 Å². The fourth-order valence-electron chi connectivity index (χ4n) is 3.06. The molecule has 0 bridgehead atoms. The van der Waals surface area contributed by atoms with Crippen molar-refractivity contribution >= 4 is 35.2 Å². The molecule has 2 amide bonds. The van der Waals surface area contributed by atoms with E-state index in [1.54, 1.807) is 13.0 Å². The zero-order valence-electron chi connectivity index (χ0n) is 16.5. The Kier molecular flexibility index (Phi) is 7.02. The number of esters is 1. The van der Waals surface area contributed by atoms with Gasteiger partial charge in [-0.15, -0.1) is 0 Å². The molecule has 0 fully saturated rings. The maximum absolute atomic E-state index is 14.0. The van der Waals surface area contributed by atoms with Gasteiger partial charge in [0.1, 0.15) is 12.4 Å². The Labute approximate surface area is 187 Å². The molecule has 10 heteroatoms. The molecule has 1 atom stereocenters. The number of ether oxygens (including phenoxy) is 2. The molecule has 1 heterocycles. The number of nitrogens with one attached hydrogen (secondary N) is 1. The first-order chi connectivity index (χ1) is 14.7. The topological polar surface area (TPSA) is 67.9 Å². The van der Waals surface area contributed by atoms with E-state index >= 15 is 0 Å². The van der Waals surface area contributed by atoms with Crippen LogP contribution in [0.3, 0.4) is 0 Å². The molecule has 31 heavy (non-hydrogen) atoms. The van der Waals surface area contributed by atoms with E-state index in [-0.39, 0.29) is 35.3 Å². The summed E-state index contributed by atoms with van der Waals surface area (Å²) in [6.07, 6.45) is 0. The van der Waals surface area contributed by atoms with E-state index in [1.807, 2.05) is 0 Å². The number of benzene rings is 2. The highest BCUT2D eigenvalue weighted by molar-refractivity contribution is 6.42. The number of urea groups is 1. The molecule has 2 aromatic rings. The smallest absolute Gasteiger partial charge is 0.338 e. The van der Waals surface area contributed by atoms with E-state index < -0.39 is 29.7 Å². The van der Waals surface area contributed by atoms with Crippen molar-refractivity contribution in [3.05, 3.63) is 74.9 Å². The molecule has 0 aromatic heterocycles. The minimum Gasteiger partial charge on any atom is -0.484 e. The first kappa shape index (κ1) is 22.8. The lowest BCUT2D eigenvalue weighted by molar-refractivity contribution is -0.139. The minimum atomic E-state index is -0.915. The Hall–Kier alpha value is -2.84. The molecule has 0 saturated carbocycles. The van der Waals surface area contributed by atoms with Crippen LogP contribution < -0.4 is 10.1 Å². The van der Waals surface area contributed by atoms with E-state index in [2.05, 4.69) is 5.32 Å². The molecule has 3 rings (SSSR count). The quantitative estimate of drug-likeness (QED) is 0.611. The first-order valence-electron chi connectivity index (χ1n) is 9.20. The average Bonchev–Trinajstić information content (AvgIpc) is 2.72. The van der Waals surface area contributed by atoms with Crippen LogP contribution in [0.15, 0.2) is 47.7 Å². The normalized spacial score (nSPS) is 16.3. The van der Waals surface area contributed by atoms with Crippen LogP contribution in [-0.4, -0.2) is 37.2 Å². The van der Waals surface area contributed by atoms with Crippen LogP contribution in [0.25, 0.3) is 0 Å². The van der Waals surface area contributed by atoms with E-state index in [0.29, 0.717) is 16.7 Å². The SMILES string of the molecule is CCOC(=O)C1=C(COc2ccc(F)cc2F)N(C)C(=O)NC1c1ccc(Cl)c(Cl)c1. The molecule has 1 unspecified atom stereocenters. The van der Waals surface area contributed by atoms with Gasteiger partial charge in [0, 0.05) is 13.1 Å². The standard InChI is InChI=1S/C21H18Cl2F2N2O4/c1-3-30-20(28)18-16(10-31-17-7-5-12(24)9-15(17)25)27(2)21(29)26-19(18)11-4-6-13(22)14(23)8-11/h4-9,19H,3,10H2,1-2H3,(H,26,29). The van der Waals surface area contributed by atoms with Crippen LogP contribution in [0.2, 0.25) is 10.0 Å². The van der Waals surface area contributed by atoms with Crippen LogP contribution in [-0.2, 0) is 9.53 Å². The molecule has 2 aromatic carbocycles. The highest BCUT2D eigenvalue weighted by Gasteiger charge is 2.37. The van der Waals surface area contributed by atoms with Gasteiger partial charge >= 0.3 is 12.0 Å². The van der Waals surface area contributed by atoms with E-state index in [9.17, 15) is 18.4 Å². The second-order valence-electron chi connectivity index (χ2n) is 6.56. The molecule has 1 N–H and O–H groups in total. The van der Waals surface area contributed by atoms with Crippen molar-refractivity contribution in [3.63, 3.8) is 0 Å². The molecule has 0 spiro atoms. The Morgan fingerprint density at radius 3 is 2.55 bits per heavy atom. The van der Waals surface area contributed by atoms with Crippen molar-refractivity contribution in [3.8, 4) is 5.75 Å². The molecule has 0 saturated heterocycles. The number of rotatable bonds is 6. The summed E-state index contributed by atoms with van der Waals surface area (Å²) >= 11 is 12.1. The highest BCUT2D eigenvalue weighted by Crippen LogP contribution is 2.34. The fourth-order valence-corrected chi connectivity index (χ4v) is 3.37. The minimum absolute atomic E-state index is 0.0878. The van der Waals surface area contributed by atoms with Crippen LogP contribution in [0.5, 0.6) is 5.75 Å². The molecule has 164 valence electrons. The third-order valence-corrected chi connectivity index (χ3v) is 5.35. The third-order valence-electron chi connectivity index (χ3n) is 4.61. The summed E-state index contributed by atoms with van der Waals surface area (Å²) in [5.41, 5.74) is 0.733. The Bertz CT molecular complexity index is 1060. The number of halogens is 4. The average molecular weight is 471 g/mol. The Morgan fingerprint density at radius 2 is 1.90 bits per heavy atom. The number of nitrogens with zero attached hydrogens (tertiary/aromatic N) is 1. The summed E-state index contributed by atoms with van der Waals surface area (Å²) in [5.74, 6) is -2.60. The molecule has 1 aliphatic heterocycles. The molecular weight excluding hydrogens is 453 g/mol. The summed E-state index contributed by atoms with van der Waals surface area (Å²) in [7, 11) is 1.43. The highest BCUT2D eigenvalue weighted by atomic mass is 35.5. The molecular formula is C21H18Cl2F2N2O4. The van der Waals surface area contributed by atoms with Crippen molar-refractivity contribution in [1.29, 1.82) is 0 Å². The van der Waals surface area contributed by atoms with Crippen LogP contribution in [0, 0.1) is 11.6 Å². The monoisotopic (exact) mass is 470 g/mol. The van der Waals surface area contributed by atoms with Gasteiger partial charge in [-0.05, 0) is 36.8 Å². The summed E-state index contributed by atoms with van der Waals surface area (Å²) in [5, 5.41) is 3.26. The van der Waals surface area contributed by atoms with Crippen LogP contribution in [0.4, 0.5) is 13.6 Å². The number of likely N-dealkylation sites (N-methyl/N-ethyl adjacent to an activating group) is 1. The van der Waals surface area contributed by atoms with Crippen LogP contribution in [0.1, 0.15) is 18.5 Å². The summed E-state index contributed by atoms with van der Waals surface area (Å²) in [4.78, 5) is 26.6. The molecule has 1 aliphatic rings. The number of carbonyl (C=O) groups is 2. The zero-order chi connectivity index (χ0) is 22.7. The third kappa shape index (κ3) is 4.91. The lowest BCUT2D eigenvalue weighted by atomic mass is 9.94. The molecule has 0 aliphatic carbocycles.